The van der Waals surface area contributed by atoms with Crippen molar-refractivity contribution in [2.75, 3.05) is 13.1 Å². The molecule has 26 heavy (non-hydrogen) atoms. The standard InChI is InChI=1S/C19H17ClF2N2O2/c20-13-3-1-2-12(10-13)18(25)23-15-6-8-24(9-7-15)19(26)16-5-4-14(21)11-17(16)22/h1-5,10-11,15H,6-9H2,(H,23,25). The summed E-state index contributed by atoms with van der Waals surface area (Å²) in [5.74, 6) is -2.28. The van der Waals surface area contributed by atoms with Crippen LogP contribution in [0.2, 0.25) is 5.02 Å². The minimum Gasteiger partial charge on any atom is -0.349 e. The number of nitrogens with zero attached hydrogens (tertiary/aromatic N) is 1. The molecule has 0 unspecified atom stereocenters. The highest BCUT2D eigenvalue weighted by atomic mass is 35.5. The van der Waals surface area contributed by atoms with Gasteiger partial charge in [0.05, 0.1) is 5.56 Å². The minimum atomic E-state index is -0.869. The second-order valence-electron chi connectivity index (χ2n) is 6.17. The molecule has 0 radical (unpaired) electrons. The summed E-state index contributed by atoms with van der Waals surface area (Å²) in [5.41, 5.74) is 0.331. The number of hydrogen-bond donors (Lipinski definition) is 1. The summed E-state index contributed by atoms with van der Waals surface area (Å²) in [6, 6.07) is 9.50. The van der Waals surface area contributed by atoms with Crippen LogP contribution >= 0.6 is 11.6 Å². The molecule has 4 nitrogen and oxygen atoms in total. The maximum Gasteiger partial charge on any atom is 0.256 e. The first-order valence-electron chi connectivity index (χ1n) is 8.25. The predicted molar refractivity (Wildman–Crippen MR) is 94.2 cm³/mol. The van der Waals surface area contributed by atoms with Crippen molar-refractivity contribution in [2.24, 2.45) is 0 Å². The lowest BCUT2D eigenvalue weighted by molar-refractivity contribution is 0.0693. The molecule has 2 amide bonds. The number of carbonyl (C=O) groups excluding carboxylic acids is 2. The summed E-state index contributed by atoms with van der Waals surface area (Å²) in [4.78, 5) is 26.1. The Bertz CT molecular complexity index is 836. The molecule has 136 valence electrons. The summed E-state index contributed by atoms with van der Waals surface area (Å²) in [6.45, 7) is 0.770. The van der Waals surface area contributed by atoms with Gasteiger partial charge in [-0.2, -0.15) is 0 Å². The average Bonchev–Trinajstić information content (AvgIpc) is 2.62. The molecule has 2 aromatic rings. The van der Waals surface area contributed by atoms with Crippen molar-refractivity contribution in [3.05, 3.63) is 70.2 Å². The molecule has 1 aliphatic heterocycles. The van der Waals surface area contributed by atoms with Gasteiger partial charge < -0.3 is 10.2 Å². The van der Waals surface area contributed by atoms with E-state index in [2.05, 4.69) is 5.32 Å². The molecule has 0 saturated carbocycles. The molecule has 2 aromatic carbocycles. The lowest BCUT2D eigenvalue weighted by Gasteiger charge is -2.32. The summed E-state index contributed by atoms with van der Waals surface area (Å²) in [5, 5.41) is 3.41. The fraction of sp³-hybridized carbons (Fsp3) is 0.263. The smallest absolute Gasteiger partial charge is 0.256 e. The van der Waals surface area contributed by atoms with Gasteiger partial charge >= 0.3 is 0 Å². The third kappa shape index (κ3) is 4.19. The normalized spacial score (nSPS) is 15.0. The Morgan fingerprint density at radius 3 is 2.46 bits per heavy atom. The molecule has 1 N–H and O–H groups in total. The molecular formula is C19H17ClF2N2O2. The maximum atomic E-state index is 13.8. The van der Waals surface area contributed by atoms with E-state index in [1.54, 1.807) is 24.3 Å². The Labute approximate surface area is 154 Å². The maximum absolute atomic E-state index is 13.8. The van der Waals surface area contributed by atoms with E-state index in [9.17, 15) is 18.4 Å². The Morgan fingerprint density at radius 1 is 1.08 bits per heavy atom. The zero-order chi connectivity index (χ0) is 18.7. The quantitative estimate of drug-likeness (QED) is 0.886. The van der Waals surface area contributed by atoms with Gasteiger partial charge in [0.2, 0.25) is 0 Å². The summed E-state index contributed by atoms with van der Waals surface area (Å²) < 4.78 is 26.7. The highest BCUT2D eigenvalue weighted by molar-refractivity contribution is 6.30. The molecule has 0 bridgehead atoms. The number of carbonyl (C=O) groups is 2. The van der Waals surface area contributed by atoms with Crippen LogP contribution in [0.15, 0.2) is 42.5 Å². The summed E-state index contributed by atoms with van der Waals surface area (Å²) >= 11 is 5.89. The number of nitrogens with one attached hydrogen (secondary N) is 1. The molecule has 0 atom stereocenters. The van der Waals surface area contributed by atoms with Crippen molar-refractivity contribution in [3.63, 3.8) is 0 Å². The molecule has 0 aromatic heterocycles. The first kappa shape index (κ1) is 18.3. The Balaban J connectivity index is 1.57. The fourth-order valence-electron chi connectivity index (χ4n) is 2.96. The van der Waals surface area contributed by atoms with Gasteiger partial charge in [0, 0.05) is 35.8 Å². The largest absolute Gasteiger partial charge is 0.349 e. The van der Waals surface area contributed by atoms with E-state index in [0.717, 1.165) is 12.1 Å². The number of halogens is 3. The molecule has 1 fully saturated rings. The van der Waals surface area contributed by atoms with Crippen LogP contribution in [0.1, 0.15) is 33.6 Å². The van der Waals surface area contributed by atoms with Gasteiger partial charge in [0.25, 0.3) is 11.8 Å². The van der Waals surface area contributed by atoms with Crippen molar-refractivity contribution >= 4 is 23.4 Å². The van der Waals surface area contributed by atoms with Gasteiger partial charge in [-0.25, -0.2) is 8.78 Å². The summed E-state index contributed by atoms with van der Waals surface area (Å²) in [6.07, 6.45) is 1.11. The van der Waals surface area contributed by atoms with Crippen molar-refractivity contribution in [1.29, 1.82) is 0 Å². The van der Waals surface area contributed by atoms with Gasteiger partial charge in [0.1, 0.15) is 11.6 Å². The first-order valence-corrected chi connectivity index (χ1v) is 8.62. The van der Waals surface area contributed by atoms with Gasteiger partial charge in [0.15, 0.2) is 0 Å². The number of benzene rings is 2. The Hall–Kier alpha value is -2.47. The summed E-state index contributed by atoms with van der Waals surface area (Å²) in [7, 11) is 0. The van der Waals surface area contributed by atoms with E-state index in [4.69, 9.17) is 11.6 Å². The Kier molecular flexibility index (Phi) is 5.52. The SMILES string of the molecule is O=C(NC1CCN(C(=O)c2ccc(F)cc2F)CC1)c1cccc(Cl)c1. The third-order valence-corrected chi connectivity index (χ3v) is 4.60. The van der Waals surface area contributed by atoms with Gasteiger partial charge in [-0.1, -0.05) is 17.7 Å². The topological polar surface area (TPSA) is 49.4 Å². The molecule has 3 rings (SSSR count). The molecule has 7 heteroatoms. The third-order valence-electron chi connectivity index (χ3n) is 4.37. The second-order valence-corrected chi connectivity index (χ2v) is 6.61. The molecular weight excluding hydrogens is 362 g/mol. The van der Waals surface area contributed by atoms with E-state index in [0.29, 0.717) is 42.6 Å². The van der Waals surface area contributed by atoms with Crippen LogP contribution in [0.4, 0.5) is 8.78 Å². The number of hydrogen-bond acceptors (Lipinski definition) is 2. The van der Waals surface area contributed by atoms with E-state index >= 15 is 0 Å². The zero-order valence-corrected chi connectivity index (χ0v) is 14.6. The van der Waals surface area contributed by atoms with E-state index in [1.807, 2.05) is 0 Å². The van der Waals surface area contributed by atoms with Crippen LogP contribution in [0, 0.1) is 11.6 Å². The molecule has 0 spiro atoms. The highest BCUT2D eigenvalue weighted by Gasteiger charge is 2.26. The number of piperidine rings is 1. The van der Waals surface area contributed by atoms with E-state index in [1.165, 1.54) is 4.90 Å². The van der Waals surface area contributed by atoms with Crippen molar-refractivity contribution in [1.82, 2.24) is 10.2 Å². The van der Waals surface area contributed by atoms with Crippen LogP contribution in [0.25, 0.3) is 0 Å². The predicted octanol–water partition coefficient (Wildman–Crippen LogP) is 3.65. The van der Waals surface area contributed by atoms with Crippen LogP contribution in [-0.2, 0) is 0 Å². The molecule has 0 aliphatic carbocycles. The lowest BCUT2D eigenvalue weighted by atomic mass is 10.0. The lowest BCUT2D eigenvalue weighted by Crippen LogP contribution is -2.46. The minimum absolute atomic E-state index is 0.0800. The van der Waals surface area contributed by atoms with Crippen LogP contribution in [-0.4, -0.2) is 35.8 Å². The van der Waals surface area contributed by atoms with Gasteiger partial charge in [-0.05, 0) is 43.2 Å². The van der Waals surface area contributed by atoms with E-state index < -0.39 is 17.5 Å². The van der Waals surface area contributed by atoms with Gasteiger partial charge in [-0.15, -0.1) is 0 Å². The van der Waals surface area contributed by atoms with Gasteiger partial charge in [-0.3, -0.25) is 9.59 Å². The fourth-order valence-corrected chi connectivity index (χ4v) is 3.15. The zero-order valence-electron chi connectivity index (χ0n) is 13.8. The average molecular weight is 379 g/mol. The number of rotatable bonds is 3. The van der Waals surface area contributed by atoms with Crippen LogP contribution in [0.5, 0.6) is 0 Å². The van der Waals surface area contributed by atoms with Crippen molar-refractivity contribution in [3.8, 4) is 0 Å². The first-order chi connectivity index (χ1) is 12.4. The number of amides is 2. The van der Waals surface area contributed by atoms with Crippen molar-refractivity contribution in [2.45, 2.75) is 18.9 Å². The highest BCUT2D eigenvalue weighted by Crippen LogP contribution is 2.18. The molecule has 1 saturated heterocycles. The number of likely N-dealkylation sites (tertiary alicyclic amines) is 1. The van der Waals surface area contributed by atoms with E-state index in [-0.39, 0.29) is 17.5 Å². The molecule has 1 aliphatic rings. The Morgan fingerprint density at radius 2 is 1.81 bits per heavy atom. The van der Waals surface area contributed by atoms with Crippen molar-refractivity contribution < 1.29 is 18.4 Å². The second kappa shape index (κ2) is 7.83. The van der Waals surface area contributed by atoms with Crippen LogP contribution in [0.3, 0.4) is 0 Å². The van der Waals surface area contributed by atoms with Crippen LogP contribution < -0.4 is 5.32 Å². The monoisotopic (exact) mass is 378 g/mol. The molecule has 1 heterocycles.